The van der Waals surface area contributed by atoms with Gasteiger partial charge in [-0.3, -0.25) is 4.90 Å². The van der Waals surface area contributed by atoms with Crippen molar-refractivity contribution in [3.8, 4) is 0 Å². The third-order valence-electron chi connectivity index (χ3n) is 4.18. The molecule has 1 aromatic carbocycles. The van der Waals surface area contributed by atoms with Gasteiger partial charge in [-0.15, -0.1) is 0 Å². The van der Waals surface area contributed by atoms with Crippen molar-refractivity contribution in [2.45, 2.75) is 37.8 Å². The van der Waals surface area contributed by atoms with Gasteiger partial charge >= 0.3 is 0 Å². The number of benzene rings is 1. The Bertz CT molecular complexity index is 439. The Morgan fingerprint density at radius 3 is 2.90 bits per heavy atom. The zero-order valence-corrected chi connectivity index (χ0v) is 12.0. The van der Waals surface area contributed by atoms with E-state index in [-0.39, 0.29) is 12.2 Å². The van der Waals surface area contributed by atoms with E-state index in [9.17, 15) is 5.11 Å². The molecule has 0 radical (unpaired) electrons. The Kier molecular flexibility index (Phi) is 4.08. The van der Waals surface area contributed by atoms with Crippen LogP contribution in [-0.2, 0) is 15.3 Å². The number of nitrogens with zero attached hydrogens (tertiary/aromatic N) is 1. The molecule has 2 aliphatic heterocycles. The SMILES string of the molecule is CC1(c2ccccc2)OCC(CN2CCC[C@H](O)C2)O1. The van der Waals surface area contributed by atoms with Crippen molar-refractivity contribution in [3.05, 3.63) is 35.9 Å². The number of aliphatic hydroxyl groups is 1. The molecule has 0 bridgehead atoms. The van der Waals surface area contributed by atoms with Crippen LogP contribution in [-0.4, -0.2) is 48.5 Å². The summed E-state index contributed by atoms with van der Waals surface area (Å²) in [6, 6.07) is 10.1. The molecule has 1 aromatic rings. The molecule has 2 unspecified atom stereocenters. The molecule has 2 saturated heterocycles. The van der Waals surface area contributed by atoms with Gasteiger partial charge in [0.1, 0.15) is 0 Å². The molecule has 0 spiro atoms. The van der Waals surface area contributed by atoms with Crippen LogP contribution in [0.4, 0.5) is 0 Å². The van der Waals surface area contributed by atoms with Crippen LogP contribution < -0.4 is 0 Å². The first-order chi connectivity index (χ1) is 9.66. The van der Waals surface area contributed by atoms with E-state index in [0.717, 1.165) is 38.0 Å². The fraction of sp³-hybridized carbons (Fsp3) is 0.625. The van der Waals surface area contributed by atoms with E-state index >= 15 is 0 Å². The normalized spacial score (nSPS) is 35.3. The van der Waals surface area contributed by atoms with E-state index < -0.39 is 5.79 Å². The van der Waals surface area contributed by atoms with Gasteiger partial charge in [0.05, 0.1) is 18.8 Å². The van der Waals surface area contributed by atoms with Crippen molar-refractivity contribution < 1.29 is 14.6 Å². The zero-order chi connectivity index (χ0) is 14.0. The van der Waals surface area contributed by atoms with Gasteiger partial charge in [0.15, 0.2) is 5.79 Å². The number of β-amino-alcohol motifs (C(OH)–C–C–N with tert-alkyl or cyclic N) is 1. The molecule has 20 heavy (non-hydrogen) atoms. The number of hydrogen-bond acceptors (Lipinski definition) is 4. The first kappa shape index (κ1) is 14.0. The predicted molar refractivity (Wildman–Crippen MR) is 76.3 cm³/mol. The summed E-state index contributed by atoms with van der Waals surface area (Å²) >= 11 is 0. The largest absolute Gasteiger partial charge is 0.392 e. The summed E-state index contributed by atoms with van der Waals surface area (Å²) in [7, 11) is 0. The van der Waals surface area contributed by atoms with Crippen LogP contribution in [0.5, 0.6) is 0 Å². The monoisotopic (exact) mass is 277 g/mol. The quantitative estimate of drug-likeness (QED) is 0.913. The van der Waals surface area contributed by atoms with Crippen molar-refractivity contribution in [2.75, 3.05) is 26.2 Å². The number of aliphatic hydroxyl groups excluding tert-OH is 1. The van der Waals surface area contributed by atoms with Crippen molar-refractivity contribution in [3.63, 3.8) is 0 Å². The van der Waals surface area contributed by atoms with Gasteiger partial charge in [-0.1, -0.05) is 30.3 Å². The summed E-state index contributed by atoms with van der Waals surface area (Å²) in [4.78, 5) is 2.28. The second-order valence-corrected chi connectivity index (χ2v) is 5.92. The summed E-state index contributed by atoms with van der Waals surface area (Å²) in [6.45, 7) is 5.21. The van der Waals surface area contributed by atoms with Crippen LogP contribution in [0, 0.1) is 0 Å². The topological polar surface area (TPSA) is 41.9 Å². The van der Waals surface area contributed by atoms with Crippen LogP contribution in [0.2, 0.25) is 0 Å². The molecule has 0 amide bonds. The molecule has 110 valence electrons. The number of likely N-dealkylation sites (tertiary alicyclic amines) is 1. The van der Waals surface area contributed by atoms with Gasteiger partial charge in [-0.05, 0) is 26.3 Å². The van der Waals surface area contributed by atoms with Gasteiger partial charge < -0.3 is 14.6 Å². The van der Waals surface area contributed by atoms with Crippen molar-refractivity contribution >= 4 is 0 Å². The average Bonchev–Trinajstić information content (AvgIpc) is 2.83. The fourth-order valence-electron chi connectivity index (χ4n) is 3.11. The second kappa shape index (κ2) is 5.82. The maximum absolute atomic E-state index is 9.72. The van der Waals surface area contributed by atoms with E-state index in [0.29, 0.717) is 6.61 Å². The maximum Gasteiger partial charge on any atom is 0.192 e. The van der Waals surface area contributed by atoms with Crippen LogP contribution in [0.3, 0.4) is 0 Å². The first-order valence-electron chi connectivity index (χ1n) is 7.43. The Hall–Kier alpha value is -0.940. The van der Waals surface area contributed by atoms with Gasteiger partial charge in [0, 0.05) is 18.7 Å². The van der Waals surface area contributed by atoms with E-state index in [2.05, 4.69) is 4.90 Å². The van der Waals surface area contributed by atoms with E-state index in [1.165, 1.54) is 0 Å². The summed E-state index contributed by atoms with van der Waals surface area (Å²) in [5.74, 6) is -0.639. The third-order valence-corrected chi connectivity index (χ3v) is 4.18. The minimum Gasteiger partial charge on any atom is -0.392 e. The number of rotatable bonds is 3. The summed E-state index contributed by atoms with van der Waals surface area (Å²) in [5, 5.41) is 9.72. The lowest BCUT2D eigenvalue weighted by Crippen LogP contribution is -2.43. The Labute approximate surface area is 120 Å². The predicted octanol–water partition coefficient (Wildman–Crippen LogP) is 1.73. The van der Waals surface area contributed by atoms with Crippen LogP contribution in [0.15, 0.2) is 30.3 Å². The van der Waals surface area contributed by atoms with E-state index in [1.807, 2.05) is 37.3 Å². The van der Waals surface area contributed by atoms with Crippen molar-refractivity contribution in [1.82, 2.24) is 4.90 Å². The highest BCUT2D eigenvalue weighted by molar-refractivity contribution is 5.20. The highest BCUT2D eigenvalue weighted by atomic mass is 16.7. The Morgan fingerprint density at radius 2 is 2.15 bits per heavy atom. The summed E-state index contributed by atoms with van der Waals surface area (Å²) in [6.07, 6.45) is 1.86. The molecule has 4 heteroatoms. The van der Waals surface area contributed by atoms with Gasteiger partial charge in [-0.2, -0.15) is 0 Å². The molecular weight excluding hydrogens is 254 g/mol. The van der Waals surface area contributed by atoms with Crippen LogP contribution in [0.1, 0.15) is 25.3 Å². The lowest BCUT2D eigenvalue weighted by Gasteiger charge is -2.32. The average molecular weight is 277 g/mol. The zero-order valence-electron chi connectivity index (χ0n) is 12.0. The summed E-state index contributed by atoms with van der Waals surface area (Å²) < 4.78 is 12.0. The molecule has 0 aromatic heterocycles. The van der Waals surface area contributed by atoms with Gasteiger partial charge in [0.25, 0.3) is 0 Å². The van der Waals surface area contributed by atoms with E-state index in [1.54, 1.807) is 0 Å². The first-order valence-corrected chi connectivity index (χ1v) is 7.43. The van der Waals surface area contributed by atoms with E-state index in [4.69, 9.17) is 9.47 Å². The van der Waals surface area contributed by atoms with Crippen LogP contribution >= 0.6 is 0 Å². The highest BCUT2D eigenvalue weighted by Crippen LogP contribution is 2.34. The second-order valence-electron chi connectivity index (χ2n) is 5.92. The molecule has 2 aliphatic rings. The number of piperidine rings is 1. The highest BCUT2D eigenvalue weighted by Gasteiger charge is 2.39. The molecule has 2 heterocycles. The minimum atomic E-state index is -0.639. The summed E-state index contributed by atoms with van der Waals surface area (Å²) in [5.41, 5.74) is 1.06. The molecule has 4 nitrogen and oxygen atoms in total. The Morgan fingerprint density at radius 1 is 1.35 bits per heavy atom. The molecule has 1 N–H and O–H groups in total. The number of hydrogen-bond donors (Lipinski definition) is 1. The minimum absolute atomic E-state index is 0.0745. The lowest BCUT2D eigenvalue weighted by molar-refractivity contribution is -0.164. The molecule has 0 saturated carbocycles. The molecule has 2 fully saturated rings. The smallest absolute Gasteiger partial charge is 0.192 e. The molecule has 3 rings (SSSR count). The maximum atomic E-state index is 9.72. The molecule has 0 aliphatic carbocycles. The molecule has 3 atom stereocenters. The lowest BCUT2D eigenvalue weighted by atomic mass is 10.1. The third kappa shape index (κ3) is 3.04. The van der Waals surface area contributed by atoms with Crippen LogP contribution in [0.25, 0.3) is 0 Å². The fourth-order valence-corrected chi connectivity index (χ4v) is 3.11. The van der Waals surface area contributed by atoms with Crippen molar-refractivity contribution in [2.24, 2.45) is 0 Å². The van der Waals surface area contributed by atoms with Gasteiger partial charge in [-0.25, -0.2) is 0 Å². The molecular formula is C16H23NO3. The standard InChI is InChI=1S/C16H23NO3/c1-16(13-6-3-2-4-7-13)19-12-15(20-16)11-17-9-5-8-14(18)10-17/h2-4,6-7,14-15,18H,5,8-12H2,1H3/t14-,15?,16?/m0/s1. The number of ether oxygens (including phenoxy) is 2. The Balaban J connectivity index is 1.59. The van der Waals surface area contributed by atoms with Gasteiger partial charge in [0.2, 0.25) is 0 Å². The van der Waals surface area contributed by atoms with Crippen molar-refractivity contribution in [1.29, 1.82) is 0 Å².